The Labute approximate surface area is 171 Å². The van der Waals surface area contributed by atoms with Crippen LogP contribution in [0.4, 0.5) is 5.82 Å². The summed E-state index contributed by atoms with van der Waals surface area (Å²) in [5, 5.41) is 3.20. The van der Waals surface area contributed by atoms with Gasteiger partial charge in [-0.1, -0.05) is 36.9 Å². The average molecular weight is 387 g/mol. The lowest BCUT2D eigenvalue weighted by atomic mass is 9.89. The molecule has 5 nitrogen and oxygen atoms in total. The van der Waals surface area contributed by atoms with Crippen LogP contribution in [0.1, 0.15) is 40.7 Å². The first-order valence-corrected chi connectivity index (χ1v) is 10.1. The molecule has 0 spiro atoms. The summed E-state index contributed by atoms with van der Waals surface area (Å²) in [6.45, 7) is 5.17. The van der Waals surface area contributed by atoms with Crippen LogP contribution in [0.3, 0.4) is 0 Å². The number of carbonyl (C=O) groups is 2. The van der Waals surface area contributed by atoms with Crippen molar-refractivity contribution < 1.29 is 9.59 Å². The standard InChI is InChI=1S/C24H25N3O2/c1-17-7-9-21-15-18(16-25-24(21)26-17)8-10-22(28)27-13-11-20(12-14-27)23(29)19-5-3-2-4-6-19/h2-6,8,10,15-16,20H,1,7,9,11-14H2,(H,25,26)/b10-8+. The van der Waals surface area contributed by atoms with E-state index in [1.165, 1.54) is 0 Å². The number of fused-ring (bicyclic) bond motifs is 1. The summed E-state index contributed by atoms with van der Waals surface area (Å²) in [6, 6.07) is 11.5. The summed E-state index contributed by atoms with van der Waals surface area (Å²) in [7, 11) is 0. The van der Waals surface area contributed by atoms with E-state index in [0.29, 0.717) is 25.9 Å². The molecule has 3 heterocycles. The zero-order chi connectivity index (χ0) is 20.2. The number of aromatic nitrogens is 1. The molecule has 0 radical (unpaired) electrons. The second kappa shape index (κ2) is 8.43. The molecule has 2 aromatic rings. The molecule has 0 saturated carbocycles. The molecule has 2 aliphatic heterocycles. The van der Waals surface area contributed by atoms with Crippen molar-refractivity contribution in [3.63, 3.8) is 0 Å². The zero-order valence-corrected chi connectivity index (χ0v) is 16.4. The monoisotopic (exact) mass is 387 g/mol. The van der Waals surface area contributed by atoms with Crippen molar-refractivity contribution in [3.05, 3.63) is 77.6 Å². The molecule has 2 aliphatic rings. The van der Waals surface area contributed by atoms with Gasteiger partial charge in [-0.15, -0.1) is 0 Å². The maximum Gasteiger partial charge on any atom is 0.246 e. The molecule has 1 N–H and O–H groups in total. The number of amides is 1. The van der Waals surface area contributed by atoms with Crippen LogP contribution in [-0.2, 0) is 11.2 Å². The maximum absolute atomic E-state index is 12.6. The van der Waals surface area contributed by atoms with E-state index >= 15 is 0 Å². The molecule has 0 aliphatic carbocycles. The number of allylic oxidation sites excluding steroid dienone is 1. The van der Waals surface area contributed by atoms with Crippen LogP contribution < -0.4 is 5.32 Å². The number of carbonyl (C=O) groups excluding carboxylic acids is 2. The van der Waals surface area contributed by atoms with E-state index < -0.39 is 0 Å². The Morgan fingerprint density at radius 3 is 2.66 bits per heavy atom. The van der Waals surface area contributed by atoms with E-state index in [1.54, 1.807) is 12.3 Å². The third-order valence-corrected chi connectivity index (χ3v) is 5.63. The first-order valence-electron chi connectivity index (χ1n) is 10.1. The fourth-order valence-electron chi connectivity index (χ4n) is 3.91. The molecule has 148 valence electrons. The molecule has 0 bridgehead atoms. The molecule has 1 amide bonds. The number of nitrogens with one attached hydrogen (secondary N) is 1. The van der Waals surface area contributed by atoms with Gasteiger partial charge in [0.25, 0.3) is 0 Å². The highest BCUT2D eigenvalue weighted by atomic mass is 16.2. The van der Waals surface area contributed by atoms with Crippen LogP contribution in [0.15, 0.2) is 60.9 Å². The summed E-state index contributed by atoms with van der Waals surface area (Å²) in [6.07, 6.45) is 8.42. The SMILES string of the molecule is C=C1CCc2cc(/C=C/C(=O)N3CCC(C(=O)c4ccccc4)CC3)cnc2N1. The van der Waals surface area contributed by atoms with Crippen LogP contribution in [0.5, 0.6) is 0 Å². The van der Waals surface area contributed by atoms with Crippen LogP contribution >= 0.6 is 0 Å². The predicted molar refractivity (Wildman–Crippen MR) is 114 cm³/mol. The summed E-state index contributed by atoms with van der Waals surface area (Å²) in [4.78, 5) is 31.4. The highest BCUT2D eigenvalue weighted by molar-refractivity contribution is 5.98. The largest absolute Gasteiger partial charge is 0.344 e. The van der Waals surface area contributed by atoms with Crippen molar-refractivity contribution in [3.8, 4) is 0 Å². The number of benzene rings is 1. The highest BCUT2D eigenvalue weighted by Crippen LogP contribution is 2.25. The van der Waals surface area contributed by atoms with E-state index in [9.17, 15) is 9.59 Å². The first-order chi connectivity index (χ1) is 14.1. The molecular weight excluding hydrogens is 362 g/mol. The molecule has 4 rings (SSSR count). The predicted octanol–water partition coefficient (Wildman–Crippen LogP) is 4.09. The number of anilines is 1. The van der Waals surface area contributed by atoms with Crippen LogP contribution in [-0.4, -0.2) is 34.7 Å². The highest BCUT2D eigenvalue weighted by Gasteiger charge is 2.27. The smallest absolute Gasteiger partial charge is 0.246 e. The van der Waals surface area contributed by atoms with Crippen molar-refractivity contribution in [1.82, 2.24) is 9.88 Å². The fraction of sp³-hybridized carbons (Fsp3) is 0.292. The molecule has 1 aromatic carbocycles. The minimum absolute atomic E-state index is 0.00229. The first kappa shape index (κ1) is 19.1. The molecule has 5 heteroatoms. The number of hydrogen-bond acceptors (Lipinski definition) is 4. The summed E-state index contributed by atoms with van der Waals surface area (Å²) in [5.74, 6) is 1.02. The summed E-state index contributed by atoms with van der Waals surface area (Å²) in [5.41, 5.74) is 3.81. The molecule has 0 unspecified atom stereocenters. The van der Waals surface area contributed by atoms with Gasteiger partial charge in [0.2, 0.25) is 5.91 Å². The zero-order valence-electron chi connectivity index (χ0n) is 16.4. The minimum atomic E-state index is -0.0140. The number of pyridine rings is 1. The summed E-state index contributed by atoms with van der Waals surface area (Å²) >= 11 is 0. The quantitative estimate of drug-likeness (QED) is 0.634. The van der Waals surface area contributed by atoms with E-state index in [0.717, 1.165) is 41.0 Å². The van der Waals surface area contributed by atoms with Crippen molar-refractivity contribution >= 4 is 23.6 Å². The van der Waals surface area contributed by atoms with Gasteiger partial charge >= 0.3 is 0 Å². The number of rotatable bonds is 4. The van der Waals surface area contributed by atoms with Gasteiger partial charge < -0.3 is 10.2 Å². The normalized spacial score (nSPS) is 17.1. The van der Waals surface area contributed by atoms with Gasteiger partial charge in [0.05, 0.1) is 0 Å². The second-order valence-corrected chi connectivity index (χ2v) is 7.67. The van der Waals surface area contributed by atoms with Gasteiger partial charge in [0.1, 0.15) is 5.82 Å². The molecular formula is C24H25N3O2. The number of ketones is 1. The molecule has 1 fully saturated rings. The van der Waals surface area contributed by atoms with E-state index in [1.807, 2.05) is 41.3 Å². The fourth-order valence-corrected chi connectivity index (χ4v) is 3.91. The average Bonchev–Trinajstić information content (AvgIpc) is 2.77. The van der Waals surface area contributed by atoms with Crippen molar-refractivity contribution in [2.45, 2.75) is 25.7 Å². The van der Waals surface area contributed by atoms with Gasteiger partial charge in [-0.2, -0.15) is 0 Å². The molecule has 29 heavy (non-hydrogen) atoms. The third-order valence-electron chi connectivity index (χ3n) is 5.63. The Bertz CT molecular complexity index is 957. The third kappa shape index (κ3) is 4.45. The Morgan fingerprint density at radius 1 is 1.14 bits per heavy atom. The van der Waals surface area contributed by atoms with Gasteiger partial charge in [-0.25, -0.2) is 4.98 Å². The summed E-state index contributed by atoms with van der Waals surface area (Å²) < 4.78 is 0. The van der Waals surface area contributed by atoms with Crippen molar-refractivity contribution in [2.24, 2.45) is 5.92 Å². The number of piperidine rings is 1. The van der Waals surface area contributed by atoms with Crippen molar-refractivity contribution in [2.75, 3.05) is 18.4 Å². The van der Waals surface area contributed by atoms with Gasteiger partial charge in [-0.3, -0.25) is 9.59 Å². The van der Waals surface area contributed by atoms with Gasteiger partial charge in [0.15, 0.2) is 5.78 Å². The van der Waals surface area contributed by atoms with Crippen molar-refractivity contribution in [1.29, 1.82) is 0 Å². The number of aryl methyl sites for hydroxylation is 1. The molecule has 1 saturated heterocycles. The molecule has 1 aromatic heterocycles. The lowest BCUT2D eigenvalue weighted by molar-refractivity contribution is -0.127. The van der Waals surface area contributed by atoms with E-state index in [4.69, 9.17) is 0 Å². The van der Waals surface area contributed by atoms with E-state index in [-0.39, 0.29) is 17.6 Å². The minimum Gasteiger partial charge on any atom is -0.344 e. The number of likely N-dealkylation sites (tertiary alicyclic amines) is 1. The van der Waals surface area contributed by atoms with E-state index in [2.05, 4.69) is 22.9 Å². The Balaban J connectivity index is 1.33. The second-order valence-electron chi connectivity index (χ2n) is 7.67. The number of hydrogen-bond donors (Lipinski definition) is 1. The lowest BCUT2D eigenvalue weighted by Crippen LogP contribution is -2.39. The van der Waals surface area contributed by atoms with Crippen LogP contribution in [0, 0.1) is 5.92 Å². The van der Waals surface area contributed by atoms with Crippen LogP contribution in [0.25, 0.3) is 6.08 Å². The Hall–Kier alpha value is -3.21. The molecule has 0 atom stereocenters. The Kier molecular flexibility index (Phi) is 5.56. The van der Waals surface area contributed by atoms with Crippen LogP contribution in [0.2, 0.25) is 0 Å². The number of Topliss-reactive ketones (excluding diaryl/α,β-unsaturated/α-hetero) is 1. The Morgan fingerprint density at radius 2 is 1.90 bits per heavy atom. The maximum atomic E-state index is 12.6. The van der Waals surface area contributed by atoms with Gasteiger partial charge in [-0.05, 0) is 49.0 Å². The number of nitrogens with zero attached hydrogens (tertiary/aromatic N) is 2. The topological polar surface area (TPSA) is 62.3 Å². The lowest BCUT2D eigenvalue weighted by Gasteiger charge is -2.30. The van der Waals surface area contributed by atoms with Gasteiger partial charge in [0, 0.05) is 42.5 Å².